The van der Waals surface area contributed by atoms with Crippen molar-refractivity contribution in [3.05, 3.63) is 29.0 Å². The van der Waals surface area contributed by atoms with Gasteiger partial charge >= 0.3 is 0 Å². The Morgan fingerprint density at radius 1 is 1.40 bits per heavy atom. The standard InChI is InChI=1S/C15H23ClN4/c1-4-13(19(2)3)15-18-12-10-11(16)6-7-14(12)20(15)9-5-8-17/h6-7,10,13H,4-5,8-9,17H2,1-3H3. The number of benzene rings is 1. The van der Waals surface area contributed by atoms with Crippen LogP contribution in [-0.4, -0.2) is 35.1 Å². The summed E-state index contributed by atoms with van der Waals surface area (Å²) in [4.78, 5) is 7.02. The molecule has 1 atom stereocenters. The van der Waals surface area contributed by atoms with Crippen molar-refractivity contribution in [3.8, 4) is 0 Å². The van der Waals surface area contributed by atoms with Gasteiger partial charge in [0.15, 0.2) is 0 Å². The summed E-state index contributed by atoms with van der Waals surface area (Å²) >= 11 is 6.08. The van der Waals surface area contributed by atoms with Crippen molar-refractivity contribution in [1.29, 1.82) is 0 Å². The Morgan fingerprint density at radius 2 is 2.15 bits per heavy atom. The SMILES string of the molecule is CCC(c1nc2cc(Cl)ccc2n1CCCN)N(C)C. The van der Waals surface area contributed by atoms with Crippen molar-refractivity contribution in [1.82, 2.24) is 14.5 Å². The summed E-state index contributed by atoms with van der Waals surface area (Å²) in [5.74, 6) is 1.10. The molecule has 20 heavy (non-hydrogen) atoms. The van der Waals surface area contributed by atoms with Crippen LogP contribution in [0.3, 0.4) is 0 Å². The van der Waals surface area contributed by atoms with Gasteiger partial charge in [-0.05, 0) is 51.7 Å². The van der Waals surface area contributed by atoms with Crippen molar-refractivity contribution >= 4 is 22.6 Å². The van der Waals surface area contributed by atoms with Gasteiger partial charge in [-0.3, -0.25) is 4.90 Å². The fourth-order valence-electron chi connectivity index (χ4n) is 2.64. The zero-order chi connectivity index (χ0) is 14.7. The van der Waals surface area contributed by atoms with Gasteiger partial charge in [0.05, 0.1) is 17.1 Å². The second-order valence-corrected chi connectivity index (χ2v) is 5.72. The summed E-state index contributed by atoms with van der Waals surface area (Å²) in [7, 11) is 4.18. The molecular weight excluding hydrogens is 272 g/mol. The van der Waals surface area contributed by atoms with Gasteiger partial charge in [0.2, 0.25) is 0 Å². The quantitative estimate of drug-likeness (QED) is 0.891. The highest BCUT2D eigenvalue weighted by Crippen LogP contribution is 2.27. The Balaban J connectivity index is 2.55. The monoisotopic (exact) mass is 294 g/mol. The summed E-state index contributed by atoms with van der Waals surface area (Å²) in [5.41, 5.74) is 7.77. The molecule has 1 unspecified atom stereocenters. The van der Waals surface area contributed by atoms with Crippen molar-refractivity contribution in [2.45, 2.75) is 32.4 Å². The number of aryl methyl sites for hydroxylation is 1. The number of imidazole rings is 1. The van der Waals surface area contributed by atoms with Gasteiger partial charge in [-0.25, -0.2) is 4.98 Å². The van der Waals surface area contributed by atoms with E-state index in [-0.39, 0.29) is 0 Å². The van der Waals surface area contributed by atoms with Crippen LogP contribution in [0.4, 0.5) is 0 Å². The average molecular weight is 295 g/mol. The number of nitrogens with two attached hydrogens (primary N) is 1. The van der Waals surface area contributed by atoms with E-state index in [0.717, 1.165) is 41.3 Å². The van der Waals surface area contributed by atoms with E-state index in [9.17, 15) is 0 Å². The van der Waals surface area contributed by atoms with Crippen molar-refractivity contribution in [2.24, 2.45) is 5.73 Å². The third kappa shape index (κ3) is 2.97. The summed E-state index contributed by atoms with van der Waals surface area (Å²) < 4.78 is 2.28. The number of fused-ring (bicyclic) bond motifs is 1. The first-order valence-electron chi connectivity index (χ1n) is 7.10. The predicted octanol–water partition coefficient (Wildman–Crippen LogP) is 3.05. The molecule has 0 amide bonds. The van der Waals surface area contributed by atoms with Crippen LogP contribution >= 0.6 is 11.6 Å². The highest BCUT2D eigenvalue weighted by atomic mass is 35.5. The number of rotatable bonds is 6. The molecule has 0 bridgehead atoms. The topological polar surface area (TPSA) is 47.1 Å². The molecule has 4 nitrogen and oxygen atoms in total. The Labute approximate surface area is 125 Å². The molecule has 0 saturated heterocycles. The van der Waals surface area contributed by atoms with Gasteiger partial charge in [0.1, 0.15) is 5.82 Å². The minimum absolute atomic E-state index is 0.305. The summed E-state index contributed by atoms with van der Waals surface area (Å²) in [6.07, 6.45) is 1.97. The van der Waals surface area contributed by atoms with Crippen LogP contribution in [0.5, 0.6) is 0 Å². The first-order chi connectivity index (χ1) is 9.58. The van der Waals surface area contributed by atoms with E-state index in [1.54, 1.807) is 0 Å². The Morgan fingerprint density at radius 3 is 2.75 bits per heavy atom. The second kappa shape index (κ2) is 6.57. The molecule has 0 aliphatic heterocycles. The molecule has 1 heterocycles. The first kappa shape index (κ1) is 15.3. The van der Waals surface area contributed by atoms with Crippen molar-refractivity contribution < 1.29 is 0 Å². The molecule has 2 aromatic rings. The zero-order valence-electron chi connectivity index (χ0n) is 12.4. The zero-order valence-corrected chi connectivity index (χ0v) is 13.2. The maximum absolute atomic E-state index is 6.08. The maximum atomic E-state index is 6.08. The summed E-state index contributed by atoms with van der Waals surface area (Å²) in [6, 6.07) is 6.21. The molecule has 2 N–H and O–H groups in total. The maximum Gasteiger partial charge on any atom is 0.127 e. The molecule has 0 aliphatic rings. The number of hydrogen-bond donors (Lipinski definition) is 1. The average Bonchev–Trinajstić information content (AvgIpc) is 2.74. The van der Waals surface area contributed by atoms with Crippen LogP contribution in [0.25, 0.3) is 11.0 Å². The van der Waals surface area contributed by atoms with Gasteiger partial charge in [-0.2, -0.15) is 0 Å². The van der Waals surface area contributed by atoms with Gasteiger partial charge in [-0.1, -0.05) is 18.5 Å². The van der Waals surface area contributed by atoms with Crippen molar-refractivity contribution in [2.75, 3.05) is 20.6 Å². The van der Waals surface area contributed by atoms with E-state index >= 15 is 0 Å². The van der Waals surface area contributed by atoms with Crippen LogP contribution in [0.1, 0.15) is 31.6 Å². The lowest BCUT2D eigenvalue weighted by Gasteiger charge is -2.23. The minimum atomic E-state index is 0.305. The molecule has 110 valence electrons. The van der Waals surface area contributed by atoms with E-state index in [4.69, 9.17) is 22.3 Å². The van der Waals surface area contributed by atoms with Crippen LogP contribution in [0.2, 0.25) is 5.02 Å². The second-order valence-electron chi connectivity index (χ2n) is 5.28. The number of halogens is 1. The van der Waals surface area contributed by atoms with E-state index in [1.807, 2.05) is 18.2 Å². The predicted molar refractivity (Wildman–Crippen MR) is 85.1 cm³/mol. The number of aromatic nitrogens is 2. The first-order valence-corrected chi connectivity index (χ1v) is 7.48. The van der Waals surface area contributed by atoms with Gasteiger partial charge in [0.25, 0.3) is 0 Å². The lowest BCUT2D eigenvalue weighted by atomic mass is 10.2. The van der Waals surface area contributed by atoms with Gasteiger partial charge < -0.3 is 10.3 Å². The van der Waals surface area contributed by atoms with Gasteiger partial charge in [-0.15, -0.1) is 0 Å². The van der Waals surface area contributed by atoms with Crippen LogP contribution < -0.4 is 5.73 Å². The smallest absolute Gasteiger partial charge is 0.127 e. The van der Waals surface area contributed by atoms with Crippen LogP contribution in [0, 0.1) is 0 Å². The number of hydrogen-bond acceptors (Lipinski definition) is 3. The highest BCUT2D eigenvalue weighted by molar-refractivity contribution is 6.31. The van der Waals surface area contributed by atoms with Gasteiger partial charge in [0, 0.05) is 11.6 Å². The van der Waals surface area contributed by atoms with E-state index < -0.39 is 0 Å². The molecule has 0 aliphatic carbocycles. The van der Waals surface area contributed by atoms with Crippen molar-refractivity contribution in [3.63, 3.8) is 0 Å². The molecule has 0 fully saturated rings. The van der Waals surface area contributed by atoms with Crippen LogP contribution in [-0.2, 0) is 6.54 Å². The summed E-state index contributed by atoms with van der Waals surface area (Å²) in [5, 5.41) is 0.727. The molecule has 0 spiro atoms. The molecule has 0 radical (unpaired) electrons. The third-order valence-electron chi connectivity index (χ3n) is 3.63. The lowest BCUT2D eigenvalue weighted by molar-refractivity contribution is 0.273. The fraction of sp³-hybridized carbons (Fsp3) is 0.533. The molecule has 5 heteroatoms. The third-order valence-corrected chi connectivity index (χ3v) is 3.87. The van der Waals surface area contributed by atoms with E-state index in [2.05, 4.69) is 30.5 Å². The Kier molecular flexibility index (Phi) is 5.02. The molecule has 1 aromatic heterocycles. The molecule has 0 saturated carbocycles. The minimum Gasteiger partial charge on any atom is -0.330 e. The largest absolute Gasteiger partial charge is 0.330 e. The molecule has 2 rings (SSSR count). The molecular formula is C15H23ClN4. The van der Waals surface area contributed by atoms with Crippen LogP contribution in [0.15, 0.2) is 18.2 Å². The fourth-order valence-corrected chi connectivity index (χ4v) is 2.81. The van der Waals surface area contributed by atoms with E-state index in [1.165, 1.54) is 0 Å². The lowest BCUT2D eigenvalue weighted by Crippen LogP contribution is -2.23. The normalized spacial score (nSPS) is 13.3. The highest BCUT2D eigenvalue weighted by Gasteiger charge is 2.20. The number of nitrogens with zero attached hydrogens (tertiary/aromatic N) is 3. The Bertz CT molecular complexity index is 577. The Hall–Kier alpha value is -1.10. The summed E-state index contributed by atoms with van der Waals surface area (Å²) in [6.45, 7) is 3.77. The molecule has 1 aromatic carbocycles. The van der Waals surface area contributed by atoms with E-state index in [0.29, 0.717) is 12.6 Å².